The predicted molar refractivity (Wildman–Crippen MR) is 110 cm³/mol. The first-order valence-corrected chi connectivity index (χ1v) is 9.14. The molecule has 0 saturated heterocycles. The summed E-state index contributed by atoms with van der Waals surface area (Å²) in [7, 11) is 0. The van der Waals surface area contributed by atoms with E-state index in [1.807, 2.05) is 64.1 Å². The van der Waals surface area contributed by atoms with E-state index in [2.05, 4.69) is 11.2 Å². The van der Waals surface area contributed by atoms with Gasteiger partial charge in [-0.3, -0.25) is 0 Å². The third-order valence-electron chi connectivity index (χ3n) is 4.94. The number of carboxylic acids is 1. The second kappa shape index (κ2) is 6.60. The van der Waals surface area contributed by atoms with E-state index in [4.69, 9.17) is 4.98 Å². The number of carbonyl (C=O) groups is 1. The summed E-state index contributed by atoms with van der Waals surface area (Å²) < 4.78 is 1.70. The molecule has 4 rings (SSSR count). The fourth-order valence-electron chi connectivity index (χ4n) is 3.75. The van der Waals surface area contributed by atoms with E-state index in [9.17, 15) is 9.90 Å². The van der Waals surface area contributed by atoms with Crippen LogP contribution in [-0.2, 0) is 0 Å². The zero-order valence-electron chi connectivity index (χ0n) is 16.3. The Morgan fingerprint density at radius 2 is 1.75 bits per heavy atom. The highest BCUT2D eigenvalue weighted by Gasteiger charge is 2.25. The molecule has 140 valence electrons. The van der Waals surface area contributed by atoms with Crippen molar-refractivity contribution in [3.05, 3.63) is 76.6 Å². The van der Waals surface area contributed by atoms with Gasteiger partial charge >= 0.3 is 5.97 Å². The van der Waals surface area contributed by atoms with Crippen LogP contribution in [0.1, 0.15) is 32.9 Å². The van der Waals surface area contributed by atoms with Gasteiger partial charge in [-0.15, -0.1) is 0 Å². The topological polar surface area (TPSA) is 68.0 Å². The molecule has 0 aliphatic heterocycles. The number of para-hydroxylation sites is 1. The highest BCUT2D eigenvalue weighted by molar-refractivity contribution is 6.08. The number of hydrogen-bond acceptors (Lipinski definition) is 3. The predicted octanol–water partition coefficient (Wildman–Crippen LogP) is 5.02. The fraction of sp³-hybridized carbons (Fsp3) is 0.174. The van der Waals surface area contributed by atoms with Gasteiger partial charge in [-0.25, -0.2) is 14.5 Å². The normalized spacial score (nSPS) is 11.1. The summed E-state index contributed by atoms with van der Waals surface area (Å²) >= 11 is 0. The van der Waals surface area contributed by atoms with Crippen molar-refractivity contribution in [1.29, 1.82) is 0 Å². The molecule has 28 heavy (non-hydrogen) atoms. The van der Waals surface area contributed by atoms with Crippen LogP contribution in [0.25, 0.3) is 27.8 Å². The van der Waals surface area contributed by atoms with Crippen LogP contribution in [0.3, 0.4) is 0 Å². The molecule has 2 aromatic heterocycles. The fourth-order valence-corrected chi connectivity index (χ4v) is 3.75. The lowest BCUT2D eigenvalue weighted by atomic mass is 9.97. The van der Waals surface area contributed by atoms with Crippen LogP contribution in [0.4, 0.5) is 0 Å². The molecule has 0 fully saturated rings. The largest absolute Gasteiger partial charge is 0.478 e. The van der Waals surface area contributed by atoms with Crippen LogP contribution in [0.2, 0.25) is 0 Å². The van der Waals surface area contributed by atoms with Crippen molar-refractivity contribution in [2.75, 3.05) is 0 Å². The lowest BCUT2D eigenvalue weighted by Gasteiger charge is -2.17. The highest BCUT2D eigenvalue weighted by Crippen LogP contribution is 2.35. The minimum atomic E-state index is -0.993. The number of nitrogens with zero attached hydrogens (tertiary/aromatic N) is 3. The van der Waals surface area contributed by atoms with Gasteiger partial charge in [0.25, 0.3) is 0 Å². The maximum atomic E-state index is 12.4. The first-order chi connectivity index (χ1) is 13.4. The van der Waals surface area contributed by atoms with Crippen molar-refractivity contribution in [2.45, 2.75) is 27.7 Å². The SMILES string of the molecule is Cc1ccc(-c2nc3ccccc3c(C(=O)O)c2-n2nc(C)cc2C)c(C)c1. The molecule has 0 bridgehead atoms. The molecular weight excluding hydrogens is 350 g/mol. The van der Waals surface area contributed by atoms with Crippen molar-refractivity contribution in [1.82, 2.24) is 14.8 Å². The number of aromatic carboxylic acids is 1. The standard InChI is InChI=1S/C23H21N3O2/c1-13-9-10-17(14(2)11-13)21-22(26-16(4)12-15(3)25-26)20(23(27)28)18-7-5-6-8-19(18)24-21/h5-12H,1-4H3,(H,27,28). The van der Waals surface area contributed by atoms with Crippen LogP contribution in [0, 0.1) is 27.7 Å². The van der Waals surface area contributed by atoms with Crippen molar-refractivity contribution >= 4 is 16.9 Å². The third kappa shape index (κ3) is 2.85. The summed E-state index contributed by atoms with van der Waals surface area (Å²) in [5.41, 5.74) is 6.78. The van der Waals surface area contributed by atoms with Gasteiger partial charge in [0, 0.05) is 16.6 Å². The number of pyridine rings is 1. The maximum absolute atomic E-state index is 12.4. The third-order valence-corrected chi connectivity index (χ3v) is 4.94. The lowest BCUT2D eigenvalue weighted by Crippen LogP contribution is -2.12. The summed E-state index contributed by atoms with van der Waals surface area (Å²) in [5, 5.41) is 15.3. The van der Waals surface area contributed by atoms with E-state index in [0.717, 1.165) is 28.1 Å². The molecule has 5 nitrogen and oxygen atoms in total. The van der Waals surface area contributed by atoms with E-state index < -0.39 is 5.97 Å². The second-order valence-electron chi connectivity index (χ2n) is 7.16. The monoisotopic (exact) mass is 371 g/mol. The molecule has 0 saturated carbocycles. The van der Waals surface area contributed by atoms with Gasteiger partial charge in [0.15, 0.2) is 0 Å². The van der Waals surface area contributed by atoms with Crippen molar-refractivity contribution in [2.24, 2.45) is 0 Å². The average molecular weight is 371 g/mol. The number of rotatable bonds is 3. The highest BCUT2D eigenvalue weighted by atomic mass is 16.4. The first kappa shape index (κ1) is 17.9. The van der Waals surface area contributed by atoms with E-state index in [1.165, 1.54) is 0 Å². The molecule has 0 amide bonds. The number of hydrogen-bond donors (Lipinski definition) is 1. The quantitative estimate of drug-likeness (QED) is 0.549. The number of aromatic nitrogens is 3. The smallest absolute Gasteiger partial charge is 0.338 e. The summed E-state index contributed by atoms with van der Waals surface area (Å²) in [6, 6.07) is 15.4. The van der Waals surface area contributed by atoms with Gasteiger partial charge < -0.3 is 5.11 Å². The lowest BCUT2D eigenvalue weighted by molar-refractivity contribution is 0.0699. The molecule has 4 aromatic rings. The Balaban J connectivity index is 2.21. The number of carboxylic acid groups (broad SMARTS) is 1. The van der Waals surface area contributed by atoms with Crippen molar-refractivity contribution in [3.63, 3.8) is 0 Å². The summed E-state index contributed by atoms with van der Waals surface area (Å²) in [4.78, 5) is 17.3. The minimum Gasteiger partial charge on any atom is -0.478 e. The maximum Gasteiger partial charge on any atom is 0.338 e. The molecule has 0 unspecified atom stereocenters. The molecule has 0 spiro atoms. The molecule has 0 aliphatic rings. The molecule has 1 N–H and O–H groups in total. The van der Waals surface area contributed by atoms with Gasteiger partial charge in [0.1, 0.15) is 5.69 Å². The van der Waals surface area contributed by atoms with Crippen LogP contribution >= 0.6 is 0 Å². The molecule has 0 atom stereocenters. The zero-order valence-corrected chi connectivity index (χ0v) is 16.3. The summed E-state index contributed by atoms with van der Waals surface area (Å²) in [5.74, 6) is -0.993. The van der Waals surface area contributed by atoms with Crippen molar-refractivity contribution < 1.29 is 9.90 Å². The number of benzene rings is 2. The Kier molecular flexibility index (Phi) is 4.23. The molecule has 0 aliphatic carbocycles. The zero-order chi connectivity index (χ0) is 20.0. The number of fused-ring (bicyclic) bond motifs is 1. The Morgan fingerprint density at radius 1 is 1.00 bits per heavy atom. The van der Waals surface area contributed by atoms with E-state index in [0.29, 0.717) is 22.3 Å². The van der Waals surface area contributed by atoms with Gasteiger partial charge in [-0.1, -0.05) is 42.0 Å². The molecule has 5 heteroatoms. The van der Waals surface area contributed by atoms with Crippen LogP contribution in [-0.4, -0.2) is 25.8 Å². The van der Waals surface area contributed by atoms with Crippen molar-refractivity contribution in [3.8, 4) is 16.9 Å². The van der Waals surface area contributed by atoms with E-state index in [-0.39, 0.29) is 5.56 Å². The van der Waals surface area contributed by atoms with Gasteiger partial charge in [0.05, 0.1) is 22.5 Å². The van der Waals surface area contributed by atoms with Crippen LogP contribution in [0.15, 0.2) is 48.5 Å². The van der Waals surface area contributed by atoms with Crippen LogP contribution in [0.5, 0.6) is 0 Å². The summed E-state index contributed by atoms with van der Waals surface area (Å²) in [6.45, 7) is 7.88. The van der Waals surface area contributed by atoms with Gasteiger partial charge in [-0.05, 0) is 45.4 Å². The van der Waals surface area contributed by atoms with Gasteiger partial charge in [0.2, 0.25) is 0 Å². The molecular formula is C23H21N3O2. The average Bonchev–Trinajstić information content (AvgIpc) is 2.98. The Labute approximate surface area is 163 Å². The second-order valence-corrected chi connectivity index (χ2v) is 7.16. The molecule has 2 heterocycles. The Bertz CT molecular complexity index is 1240. The number of aryl methyl sites for hydroxylation is 4. The van der Waals surface area contributed by atoms with Crippen LogP contribution < -0.4 is 0 Å². The van der Waals surface area contributed by atoms with E-state index >= 15 is 0 Å². The van der Waals surface area contributed by atoms with E-state index in [1.54, 1.807) is 10.7 Å². The molecule has 2 aromatic carbocycles. The van der Waals surface area contributed by atoms with Gasteiger partial charge in [-0.2, -0.15) is 5.10 Å². The Morgan fingerprint density at radius 3 is 2.39 bits per heavy atom. The summed E-state index contributed by atoms with van der Waals surface area (Å²) in [6.07, 6.45) is 0. The Hall–Kier alpha value is -3.47. The minimum absolute atomic E-state index is 0.215. The first-order valence-electron chi connectivity index (χ1n) is 9.14. The molecule has 0 radical (unpaired) electrons.